The smallest absolute Gasteiger partial charge is 0.268 e. The third-order valence-corrected chi connectivity index (χ3v) is 6.50. The average molecular weight is 453 g/mol. The molecule has 2 aliphatic rings. The van der Waals surface area contributed by atoms with Crippen molar-refractivity contribution in [3.8, 4) is 0 Å². The molecule has 2 N–H and O–H groups in total. The number of morpholine rings is 1. The zero-order valence-electron chi connectivity index (χ0n) is 18.4. The first-order valence-corrected chi connectivity index (χ1v) is 11.5. The highest BCUT2D eigenvalue weighted by molar-refractivity contribution is 6.01. The van der Waals surface area contributed by atoms with E-state index in [0.717, 1.165) is 48.6 Å². The predicted molar refractivity (Wildman–Crippen MR) is 130 cm³/mol. The minimum atomic E-state index is -0.338. The maximum atomic E-state index is 14.2. The van der Waals surface area contributed by atoms with Crippen LogP contribution >= 0.6 is 0 Å². The Kier molecular flexibility index (Phi) is 6.98. The van der Waals surface area contributed by atoms with Gasteiger partial charge in [0.05, 0.1) is 30.6 Å². The molecule has 7 heteroatoms. The van der Waals surface area contributed by atoms with Gasteiger partial charge in [-0.3, -0.25) is 9.78 Å². The molecule has 1 amide bonds. The second-order valence-electron chi connectivity index (χ2n) is 8.60. The quantitative estimate of drug-likeness (QED) is 0.550. The van der Waals surface area contributed by atoms with Gasteiger partial charge in [-0.2, -0.15) is 0 Å². The van der Waals surface area contributed by atoms with Gasteiger partial charge in [-0.1, -0.05) is 26.5 Å². The highest BCUT2D eigenvalue weighted by Gasteiger charge is 2.28. The molecule has 1 aliphatic carbocycles. The van der Waals surface area contributed by atoms with Gasteiger partial charge in [0.25, 0.3) is 5.91 Å². The maximum absolute atomic E-state index is 14.2. The molecule has 0 unspecified atom stereocenters. The normalized spacial score (nSPS) is 16.0. The van der Waals surface area contributed by atoms with Crippen LogP contribution in [-0.2, 0) is 17.6 Å². The Balaban J connectivity index is 0.00000259. The van der Waals surface area contributed by atoms with Crippen molar-refractivity contribution in [1.82, 2.24) is 15.3 Å². The molecular formula is C26H33FN4O2. The van der Waals surface area contributed by atoms with Gasteiger partial charge in [0.1, 0.15) is 11.5 Å². The number of hydrogen-bond acceptors (Lipinski definition) is 4. The van der Waals surface area contributed by atoms with Crippen LogP contribution in [0.1, 0.15) is 60.4 Å². The Morgan fingerprint density at radius 3 is 2.82 bits per heavy atom. The van der Waals surface area contributed by atoms with Crippen molar-refractivity contribution in [2.45, 2.75) is 46.0 Å². The summed E-state index contributed by atoms with van der Waals surface area (Å²) in [6.07, 6.45) is 5.69. The molecule has 1 aliphatic heterocycles. The van der Waals surface area contributed by atoms with E-state index in [-0.39, 0.29) is 19.2 Å². The number of carbonyl (C=O) groups excluding carboxylic acids is 1. The lowest BCUT2D eigenvalue weighted by atomic mass is 10.1. The molecule has 3 heterocycles. The molecule has 6 nitrogen and oxygen atoms in total. The second kappa shape index (κ2) is 9.91. The molecule has 0 spiro atoms. The Hall–Kier alpha value is -2.93. The standard InChI is InChI=1S/C25H29FN4O2.CH4/c1-2-18-19-4-3-5-21(26)23(19)29-24(18)25(31)27-9-8-22-20(16-6-7-16)14-17(15-28-22)30-10-12-32-13-11-30;/h3-5,14-16,29H,2,6-13H2,1H3,(H,27,31);1H4. The van der Waals surface area contributed by atoms with Crippen molar-refractivity contribution in [1.29, 1.82) is 0 Å². The summed E-state index contributed by atoms with van der Waals surface area (Å²) in [4.78, 5) is 23.0. The van der Waals surface area contributed by atoms with E-state index in [9.17, 15) is 9.18 Å². The van der Waals surface area contributed by atoms with E-state index < -0.39 is 0 Å². The van der Waals surface area contributed by atoms with Crippen LogP contribution in [0.3, 0.4) is 0 Å². The fourth-order valence-corrected chi connectivity index (χ4v) is 4.63. The number of aryl methyl sites for hydroxylation is 1. The Morgan fingerprint density at radius 2 is 2.09 bits per heavy atom. The number of nitrogens with zero attached hydrogens (tertiary/aromatic N) is 2. The first-order chi connectivity index (χ1) is 15.7. The predicted octanol–water partition coefficient (Wildman–Crippen LogP) is 4.59. The van der Waals surface area contributed by atoms with E-state index in [0.29, 0.717) is 36.5 Å². The highest BCUT2D eigenvalue weighted by atomic mass is 19.1. The molecule has 176 valence electrons. The zero-order chi connectivity index (χ0) is 22.1. The minimum Gasteiger partial charge on any atom is -0.378 e. The maximum Gasteiger partial charge on any atom is 0.268 e. The number of hydrogen-bond donors (Lipinski definition) is 2. The number of anilines is 1. The second-order valence-corrected chi connectivity index (χ2v) is 8.60. The number of benzene rings is 1. The van der Waals surface area contributed by atoms with Crippen molar-refractivity contribution in [3.05, 3.63) is 58.8 Å². The summed E-state index contributed by atoms with van der Waals surface area (Å²) < 4.78 is 19.6. The largest absolute Gasteiger partial charge is 0.378 e. The third-order valence-electron chi connectivity index (χ3n) is 6.50. The minimum absolute atomic E-state index is 0. The van der Waals surface area contributed by atoms with Crippen molar-refractivity contribution >= 4 is 22.5 Å². The third kappa shape index (κ3) is 4.74. The monoisotopic (exact) mass is 452 g/mol. The van der Waals surface area contributed by atoms with Gasteiger partial charge in [0.15, 0.2) is 0 Å². The molecule has 0 atom stereocenters. The van der Waals surface area contributed by atoms with Crippen LogP contribution in [0.25, 0.3) is 10.9 Å². The van der Waals surface area contributed by atoms with E-state index >= 15 is 0 Å². The number of amides is 1. The number of rotatable bonds is 7. The molecule has 1 saturated carbocycles. The molecule has 0 radical (unpaired) electrons. The van der Waals surface area contributed by atoms with Crippen LogP contribution in [0.2, 0.25) is 0 Å². The van der Waals surface area contributed by atoms with Crippen molar-refractivity contribution in [2.75, 3.05) is 37.7 Å². The van der Waals surface area contributed by atoms with Gasteiger partial charge in [0.2, 0.25) is 0 Å². The van der Waals surface area contributed by atoms with E-state index in [1.807, 2.05) is 19.2 Å². The van der Waals surface area contributed by atoms with E-state index in [2.05, 4.69) is 21.3 Å². The molecule has 33 heavy (non-hydrogen) atoms. The van der Waals surface area contributed by atoms with Crippen LogP contribution in [0, 0.1) is 5.82 Å². The fourth-order valence-electron chi connectivity index (χ4n) is 4.63. The molecule has 0 bridgehead atoms. The number of H-pyrrole nitrogens is 1. The summed E-state index contributed by atoms with van der Waals surface area (Å²) in [6, 6.07) is 7.22. The van der Waals surface area contributed by atoms with Crippen LogP contribution < -0.4 is 10.2 Å². The van der Waals surface area contributed by atoms with Crippen molar-refractivity contribution in [2.24, 2.45) is 0 Å². The molecule has 5 rings (SSSR count). The lowest BCUT2D eigenvalue weighted by Gasteiger charge is -2.29. The van der Waals surface area contributed by atoms with Crippen LogP contribution in [0.5, 0.6) is 0 Å². The molecular weight excluding hydrogens is 419 g/mol. The lowest BCUT2D eigenvalue weighted by Crippen LogP contribution is -2.36. The number of halogens is 1. The number of nitrogens with one attached hydrogen (secondary N) is 2. The average Bonchev–Trinajstić information content (AvgIpc) is 3.59. The molecule has 1 saturated heterocycles. The number of para-hydroxylation sites is 1. The molecule has 2 aromatic heterocycles. The number of carbonyl (C=O) groups is 1. The van der Waals surface area contributed by atoms with Gasteiger partial charge in [0, 0.05) is 37.1 Å². The molecule has 1 aromatic carbocycles. The van der Waals surface area contributed by atoms with Crippen LogP contribution in [0.4, 0.5) is 10.1 Å². The van der Waals surface area contributed by atoms with Crippen LogP contribution in [0.15, 0.2) is 30.5 Å². The van der Waals surface area contributed by atoms with Gasteiger partial charge in [-0.25, -0.2) is 4.39 Å². The summed E-state index contributed by atoms with van der Waals surface area (Å²) in [5, 5.41) is 3.78. The Morgan fingerprint density at radius 1 is 1.30 bits per heavy atom. The number of pyridine rings is 1. The lowest BCUT2D eigenvalue weighted by molar-refractivity contribution is 0.0949. The van der Waals surface area contributed by atoms with E-state index in [1.165, 1.54) is 24.5 Å². The Bertz CT molecular complexity index is 1130. The number of aromatic nitrogens is 2. The van der Waals surface area contributed by atoms with Gasteiger partial charge >= 0.3 is 0 Å². The topological polar surface area (TPSA) is 70.2 Å². The first-order valence-electron chi connectivity index (χ1n) is 11.5. The van der Waals surface area contributed by atoms with Gasteiger partial charge in [-0.05, 0) is 48.4 Å². The van der Waals surface area contributed by atoms with Crippen LogP contribution in [-0.4, -0.2) is 48.7 Å². The number of fused-ring (bicyclic) bond motifs is 1. The number of aromatic amines is 1. The highest BCUT2D eigenvalue weighted by Crippen LogP contribution is 2.42. The summed E-state index contributed by atoms with van der Waals surface area (Å²) in [7, 11) is 0. The summed E-state index contributed by atoms with van der Waals surface area (Å²) in [6.45, 7) is 5.77. The molecule has 3 aromatic rings. The van der Waals surface area contributed by atoms with Gasteiger partial charge in [-0.15, -0.1) is 0 Å². The fraction of sp³-hybridized carbons (Fsp3) is 0.462. The Labute approximate surface area is 194 Å². The van der Waals surface area contributed by atoms with Gasteiger partial charge < -0.3 is 19.9 Å². The SMILES string of the molecule is C.CCc1c(C(=O)NCCc2ncc(N3CCOCC3)cc2C2CC2)[nH]c2c(F)cccc12. The number of ether oxygens (including phenoxy) is 1. The first kappa shape index (κ1) is 23.2. The van der Waals surface area contributed by atoms with Crippen molar-refractivity contribution in [3.63, 3.8) is 0 Å². The van der Waals surface area contributed by atoms with Crippen molar-refractivity contribution < 1.29 is 13.9 Å². The summed E-state index contributed by atoms with van der Waals surface area (Å²) in [5.41, 5.74) is 5.23. The summed E-state index contributed by atoms with van der Waals surface area (Å²) in [5.74, 6) is 0.0443. The summed E-state index contributed by atoms with van der Waals surface area (Å²) >= 11 is 0. The molecule has 2 fully saturated rings. The van der Waals surface area contributed by atoms with E-state index in [4.69, 9.17) is 9.72 Å². The zero-order valence-corrected chi connectivity index (χ0v) is 18.4. The van der Waals surface area contributed by atoms with E-state index in [1.54, 1.807) is 6.07 Å².